The van der Waals surface area contributed by atoms with Crippen molar-refractivity contribution in [3.63, 3.8) is 0 Å². The molecule has 0 aromatic carbocycles. The predicted octanol–water partition coefficient (Wildman–Crippen LogP) is 2.00. The number of ether oxygens (including phenoxy) is 3. The van der Waals surface area contributed by atoms with E-state index in [0.29, 0.717) is 24.1 Å². The van der Waals surface area contributed by atoms with Crippen molar-refractivity contribution in [1.82, 2.24) is 9.97 Å². The molecule has 0 bridgehead atoms. The average Bonchev–Trinajstić information content (AvgIpc) is 2.47. The number of aromatic nitrogens is 2. The van der Waals surface area contributed by atoms with Gasteiger partial charge in [-0.25, -0.2) is 9.97 Å². The van der Waals surface area contributed by atoms with E-state index in [1.54, 1.807) is 25.6 Å². The van der Waals surface area contributed by atoms with Crippen LogP contribution in [0, 0.1) is 0 Å². The second-order valence-corrected chi connectivity index (χ2v) is 3.86. The second kappa shape index (κ2) is 4.52. The number of methoxy groups -OCH3 is 1. The summed E-state index contributed by atoms with van der Waals surface area (Å²) in [6.07, 6.45) is 3.21. The molecule has 1 atom stereocenters. The maximum atomic E-state index is 5.77. The van der Waals surface area contributed by atoms with Crippen molar-refractivity contribution in [2.24, 2.45) is 0 Å². The lowest BCUT2D eigenvalue weighted by Crippen LogP contribution is -2.22. The zero-order valence-electron chi connectivity index (χ0n) is 9.87. The van der Waals surface area contributed by atoms with Gasteiger partial charge in [-0.05, 0) is 18.2 Å². The number of pyridine rings is 2. The first-order valence-corrected chi connectivity index (χ1v) is 5.61. The maximum absolute atomic E-state index is 5.77. The van der Waals surface area contributed by atoms with Crippen LogP contribution in [-0.2, 0) is 0 Å². The van der Waals surface area contributed by atoms with Crippen molar-refractivity contribution >= 4 is 0 Å². The molecule has 0 fully saturated rings. The van der Waals surface area contributed by atoms with Gasteiger partial charge in [0.15, 0.2) is 11.9 Å². The molecule has 92 valence electrons. The van der Waals surface area contributed by atoms with Gasteiger partial charge in [-0.2, -0.15) is 0 Å². The Balaban J connectivity index is 1.82. The Hall–Kier alpha value is -2.30. The molecule has 5 heteroatoms. The van der Waals surface area contributed by atoms with Gasteiger partial charge in [-0.1, -0.05) is 0 Å². The van der Waals surface area contributed by atoms with Crippen LogP contribution in [0.2, 0.25) is 0 Å². The largest absolute Gasteiger partial charge is 0.484 e. The van der Waals surface area contributed by atoms with Gasteiger partial charge in [-0.3, -0.25) is 0 Å². The molecule has 0 spiro atoms. The maximum Gasteiger partial charge on any atom is 0.257 e. The second-order valence-electron chi connectivity index (χ2n) is 3.86. The van der Waals surface area contributed by atoms with E-state index >= 15 is 0 Å². The third-order valence-electron chi connectivity index (χ3n) is 2.72. The van der Waals surface area contributed by atoms with Crippen LogP contribution in [0.3, 0.4) is 0 Å². The van der Waals surface area contributed by atoms with E-state index in [2.05, 4.69) is 9.97 Å². The van der Waals surface area contributed by atoms with Crippen LogP contribution in [0.5, 0.6) is 17.5 Å². The predicted molar refractivity (Wildman–Crippen MR) is 63.9 cm³/mol. The highest BCUT2D eigenvalue weighted by molar-refractivity contribution is 5.35. The highest BCUT2D eigenvalue weighted by Gasteiger charge is 2.23. The van der Waals surface area contributed by atoms with Crippen LogP contribution in [0.4, 0.5) is 0 Å². The Morgan fingerprint density at radius 2 is 2.22 bits per heavy atom. The highest BCUT2D eigenvalue weighted by atomic mass is 16.6. The van der Waals surface area contributed by atoms with Crippen LogP contribution in [0.25, 0.3) is 0 Å². The van der Waals surface area contributed by atoms with Crippen LogP contribution in [-0.4, -0.2) is 23.7 Å². The first-order valence-electron chi connectivity index (χ1n) is 5.61. The molecule has 5 nitrogen and oxygen atoms in total. The Morgan fingerprint density at radius 1 is 1.28 bits per heavy atom. The van der Waals surface area contributed by atoms with E-state index in [-0.39, 0.29) is 6.10 Å². The van der Waals surface area contributed by atoms with Crippen molar-refractivity contribution < 1.29 is 14.2 Å². The standard InChI is InChI=1S/C13H12N2O3/c1-16-12-5-4-9(7-15-12)11-8-17-10-3-2-6-14-13(10)18-11/h2-7,11H,8H2,1H3/t11-/m1/s1. The molecule has 0 unspecified atom stereocenters. The number of hydrogen-bond acceptors (Lipinski definition) is 5. The molecule has 1 aliphatic heterocycles. The van der Waals surface area contributed by atoms with E-state index in [1.165, 1.54) is 0 Å². The third kappa shape index (κ3) is 1.95. The minimum Gasteiger partial charge on any atom is -0.484 e. The van der Waals surface area contributed by atoms with E-state index in [1.807, 2.05) is 18.2 Å². The fourth-order valence-electron chi connectivity index (χ4n) is 1.78. The number of fused-ring (bicyclic) bond motifs is 1. The fraction of sp³-hybridized carbons (Fsp3) is 0.231. The first-order chi connectivity index (χ1) is 8.86. The molecule has 0 saturated carbocycles. The van der Waals surface area contributed by atoms with E-state index < -0.39 is 0 Å². The molecule has 0 aliphatic carbocycles. The summed E-state index contributed by atoms with van der Waals surface area (Å²) >= 11 is 0. The van der Waals surface area contributed by atoms with Gasteiger partial charge in [0.1, 0.15) is 6.61 Å². The molecule has 1 aliphatic rings. The normalized spacial score (nSPS) is 17.3. The molecule has 2 aromatic heterocycles. The van der Waals surface area contributed by atoms with Gasteiger partial charge in [0.2, 0.25) is 5.88 Å². The summed E-state index contributed by atoms with van der Waals surface area (Å²) in [5.74, 6) is 1.77. The molecule has 0 amide bonds. The summed E-state index contributed by atoms with van der Waals surface area (Å²) in [5.41, 5.74) is 0.937. The van der Waals surface area contributed by atoms with Crippen LogP contribution >= 0.6 is 0 Å². The van der Waals surface area contributed by atoms with Gasteiger partial charge in [0.25, 0.3) is 5.88 Å². The van der Waals surface area contributed by atoms with Crippen molar-refractivity contribution in [1.29, 1.82) is 0 Å². The molecule has 0 radical (unpaired) electrons. The molecule has 3 rings (SSSR count). The lowest BCUT2D eigenvalue weighted by atomic mass is 10.1. The number of rotatable bonds is 2. The molecule has 0 N–H and O–H groups in total. The van der Waals surface area contributed by atoms with Crippen molar-refractivity contribution in [3.05, 3.63) is 42.2 Å². The minimum atomic E-state index is -0.189. The van der Waals surface area contributed by atoms with E-state index in [9.17, 15) is 0 Å². The fourth-order valence-corrected chi connectivity index (χ4v) is 1.78. The highest BCUT2D eigenvalue weighted by Crippen LogP contribution is 2.33. The van der Waals surface area contributed by atoms with Gasteiger partial charge >= 0.3 is 0 Å². The van der Waals surface area contributed by atoms with Gasteiger partial charge in [0.05, 0.1) is 7.11 Å². The zero-order chi connectivity index (χ0) is 12.4. The summed E-state index contributed by atoms with van der Waals surface area (Å²) < 4.78 is 16.4. The third-order valence-corrected chi connectivity index (χ3v) is 2.72. The summed E-state index contributed by atoms with van der Waals surface area (Å²) in [6, 6.07) is 7.36. The average molecular weight is 244 g/mol. The smallest absolute Gasteiger partial charge is 0.257 e. The molecule has 0 saturated heterocycles. The topological polar surface area (TPSA) is 53.5 Å². The monoisotopic (exact) mass is 244 g/mol. The molecule has 2 aromatic rings. The molecule has 18 heavy (non-hydrogen) atoms. The summed E-state index contributed by atoms with van der Waals surface area (Å²) in [7, 11) is 1.59. The number of hydrogen-bond donors (Lipinski definition) is 0. The Morgan fingerprint density at radius 3 is 3.00 bits per heavy atom. The van der Waals surface area contributed by atoms with Crippen molar-refractivity contribution in [2.45, 2.75) is 6.10 Å². The van der Waals surface area contributed by atoms with Crippen molar-refractivity contribution in [2.75, 3.05) is 13.7 Å². The first kappa shape index (κ1) is 10.8. The SMILES string of the molecule is COc1ccc([C@H]2COc3cccnc3O2)cn1. The lowest BCUT2D eigenvalue weighted by molar-refractivity contribution is 0.0848. The van der Waals surface area contributed by atoms with Crippen LogP contribution < -0.4 is 14.2 Å². The molecule has 3 heterocycles. The molecular formula is C13H12N2O3. The van der Waals surface area contributed by atoms with E-state index in [4.69, 9.17) is 14.2 Å². The Bertz CT molecular complexity index is 542. The Kier molecular flexibility index (Phi) is 2.72. The van der Waals surface area contributed by atoms with E-state index in [0.717, 1.165) is 5.56 Å². The Labute approximate surface area is 104 Å². The lowest BCUT2D eigenvalue weighted by Gasteiger charge is -2.25. The van der Waals surface area contributed by atoms with Crippen molar-refractivity contribution in [3.8, 4) is 17.5 Å². The summed E-state index contributed by atoms with van der Waals surface area (Å²) in [5, 5.41) is 0. The van der Waals surface area contributed by atoms with Gasteiger partial charge in [0, 0.05) is 24.0 Å². The summed E-state index contributed by atoms with van der Waals surface area (Å²) in [6.45, 7) is 0.451. The van der Waals surface area contributed by atoms with Crippen LogP contribution in [0.15, 0.2) is 36.7 Å². The van der Waals surface area contributed by atoms with Gasteiger partial charge in [-0.15, -0.1) is 0 Å². The zero-order valence-corrected chi connectivity index (χ0v) is 9.87. The minimum absolute atomic E-state index is 0.189. The summed E-state index contributed by atoms with van der Waals surface area (Å²) in [4.78, 5) is 8.29. The molecular weight excluding hydrogens is 232 g/mol. The quantitative estimate of drug-likeness (QED) is 0.808. The van der Waals surface area contributed by atoms with Gasteiger partial charge < -0.3 is 14.2 Å². The number of nitrogens with zero attached hydrogens (tertiary/aromatic N) is 2. The van der Waals surface area contributed by atoms with Crippen LogP contribution in [0.1, 0.15) is 11.7 Å².